The number of rotatable bonds is 6. The van der Waals surface area contributed by atoms with Gasteiger partial charge in [-0.25, -0.2) is 12.8 Å². The molecule has 0 aromatic heterocycles. The van der Waals surface area contributed by atoms with E-state index in [1.165, 1.54) is 0 Å². The highest BCUT2D eigenvalue weighted by molar-refractivity contribution is 7.89. The Labute approximate surface area is 137 Å². The van der Waals surface area contributed by atoms with Gasteiger partial charge in [0.15, 0.2) is 0 Å². The molecule has 3 N–H and O–H groups in total. The molecular weight excluding hydrogens is 343 g/mol. The second-order valence-corrected chi connectivity index (χ2v) is 7.26. The Hall–Kier alpha value is -2.04. The first-order valence-corrected chi connectivity index (χ1v) is 8.61. The van der Waals surface area contributed by atoms with Crippen molar-refractivity contribution in [2.24, 2.45) is 0 Å². The predicted octanol–water partition coefficient (Wildman–Crippen LogP) is -0.460. The van der Waals surface area contributed by atoms with Gasteiger partial charge in [0.25, 0.3) is 0 Å². The lowest BCUT2D eigenvalue weighted by Gasteiger charge is -2.23. The number of β-amino-alcohol motifs (C(OH)–C–C–N with tert-alkyl or cyclic N) is 1. The molecule has 0 bridgehead atoms. The van der Waals surface area contributed by atoms with Gasteiger partial charge in [-0.3, -0.25) is 9.59 Å². The summed E-state index contributed by atoms with van der Waals surface area (Å²) < 4.78 is 39.0. The molecular formula is C14H17FN2O6S. The standard InChI is InChI=1S/C14H17FN2O6S/c15-9-1-3-11(4-2-9)24(22,23)17-8-10(18)7-12(17)14(21)16-6-5-13(19)20/h1-4,10,12,18H,5-8H2,(H,16,21)(H,19,20)/t10-,12-/m1/s1. The first kappa shape index (κ1) is 18.3. The summed E-state index contributed by atoms with van der Waals surface area (Å²) in [6, 6.07) is 2.98. The fraction of sp³-hybridized carbons (Fsp3) is 0.429. The van der Waals surface area contributed by atoms with Crippen LogP contribution in [0.4, 0.5) is 4.39 Å². The van der Waals surface area contributed by atoms with Gasteiger partial charge < -0.3 is 15.5 Å². The number of carboxylic acid groups (broad SMARTS) is 1. The summed E-state index contributed by atoms with van der Waals surface area (Å²) in [6.07, 6.45) is -1.42. The summed E-state index contributed by atoms with van der Waals surface area (Å²) in [5.41, 5.74) is 0. The van der Waals surface area contributed by atoms with E-state index < -0.39 is 39.9 Å². The fourth-order valence-corrected chi connectivity index (χ4v) is 4.08. The molecule has 1 aromatic rings. The molecule has 1 aliphatic heterocycles. The van der Waals surface area contributed by atoms with Crippen LogP contribution in [0.1, 0.15) is 12.8 Å². The SMILES string of the molecule is O=C(O)CCNC(=O)[C@H]1C[C@@H](O)CN1S(=O)(=O)c1ccc(F)cc1. The number of nitrogens with zero attached hydrogens (tertiary/aromatic N) is 1. The third-order valence-electron chi connectivity index (χ3n) is 3.59. The van der Waals surface area contributed by atoms with Crippen LogP contribution in [0, 0.1) is 5.82 Å². The molecule has 1 amide bonds. The Morgan fingerprint density at radius 1 is 1.29 bits per heavy atom. The normalized spacial score (nSPS) is 21.6. The molecule has 2 rings (SSSR count). The molecule has 0 radical (unpaired) electrons. The number of nitrogens with one attached hydrogen (secondary N) is 1. The lowest BCUT2D eigenvalue weighted by Crippen LogP contribution is -2.46. The quantitative estimate of drug-likeness (QED) is 0.631. The number of carbonyl (C=O) groups excluding carboxylic acids is 1. The lowest BCUT2D eigenvalue weighted by molar-refractivity contribution is -0.137. The topological polar surface area (TPSA) is 124 Å². The molecule has 0 unspecified atom stereocenters. The van der Waals surface area contributed by atoms with Gasteiger partial charge in [0.05, 0.1) is 17.4 Å². The Bertz CT molecular complexity index is 721. The Morgan fingerprint density at radius 2 is 1.92 bits per heavy atom. The molecule has 10 heteroatoms. The maximum absolute atomic E-state index is 13.0. The number of aliphatic hydroxyl groups is 1. The number of amides is 1. The number of hydrogen-bond acceptors (Lipinski definition) is 5. The fourth-order valence-electron chi connectivity index (χ4n) is 2.44. The van der Waals surface area contributed by atoms with E-state index in [0.717, 1.165) is 28.6 Å². The average molecular weight is 360 g/mol. The highest BCUT2D eigenvalue weighted by atomic mass is 32.2. The van der Waals surface area contributed by atoms with Crippen LogP contribution in [-0.2, 0) is 19.6 Å². The van der Waals surface area contributed by atoms with Crippen molar-refractivity contribution < 1.29 is 32.6 Å². The van der Waals surface area contributed by atoms with Gasteiger partial charge >= 0.3 is 5.97 Å². The molecule has 0 saturated carbocycles. The summed E-state index contributed by atoms with van der Waals surface area (Å²) in [5.74, 6) is -2.38. The molecule has 0 spiro atoms. The van der Waals surface area contributed by atoms with E-state index in [9.17, 15) is 27.5 Å². The molecule has 132 valence electrons. The monoisotopic (exact) mass is 360 g/mol. The second-order valence-electron chi connectivity index (χ2n) is 5.37. The van der Waals surface area contributed by atoms with Crippen LogP contribution in [-0.4, -0.2) is 60.0 Å². The van der Waals surface area contributed by atoms with Crippen LogP contribution in [0.25, 0.3) is 0 Å². The van der Waals surface area contributed by atoms with Crippen LogP contribution in [0.2, 0.25) is 0 Å². The van der Waals surface area contributed by atoms with Crippen LogP contribution in [0.15, 0.2) is 29.2 Å². The predicted molar refractivity (Wildman–Crippen MR) is 80.0 cm³/mol. The van der Waals surface area contributed by atoms with E-state index in [1.807, 2.05) is 0 Å². The van der Waals surface area contributed by atoms with Gasteiger partial charge in [-0.15, -0.1) is 0 Å². The minimum absolute atomic E-state index is 0.0979. The number of hydrogen-bond donors (Lipinski definition) is 3. The number of carbonyl (C=O) groups is 2. The Morgan fingerprint density at radius 3 is 2.50 bits per heavy atom. The van der Waals surface area contributed by atoms with Crippen molar-refractivity contribution in [3.05, 3.63) is 30.1 Å². The Kier molecular flexibility index (Phi) is 5.52. The number of halogens is 1. The van der Waals surface area contributed by atoms with E-state index in [4.69, 9.17) is 5.11 Å². The number of aliphatic hydroxyl groups excluding tert-OH is 1. The second kappa shape index (κ2) is 7.24. The van der Waals surface area contributed by atoms with Gasteiger partial charge in [-0.05, 0) is 24.3 Å². The smallest absolute Gasteiger partial charge is 0.305 e. The molecule has 0 aliphatic carbocycles. The number of sulfonamides is 1. The zero-order valence-corrected chi connectivity index (χ0v) is 13.4. The minimum atomic E-state index is -4.09. The van der Waals surface area contributed by atoms with E-state index in [1.54, 1.807) is 0 Å². The molecule has 24 heavy (non-hydrogen) atoms. The van der Waals surface area contributed by atoms with Gasteiger partial charge in [0.2, 0.25) is 15.9 Å². The summed E-state index contributed by atoms with van der Waals surface area (Å²) >= 11 is 0. The summed E-state index contributed by atoms with van der Waals surface area (Å²) in [7, 11) is -4.09. The zero-order valence-electron chi connectivity index (χ0n) is 12.6. The molecule has 1 fully saturated rings. The van der Waals surface area contributed by atoms with E-state index in [-0.39, 0.29) is 30.8 Å². The molecule has 2 atom stereocenters. The molecule has 1 aromatic carbocycles. The third kappa shape index (κ3) is 4.08. The van der Waals surface area contributed by atoms with Crippen molar-refractivity contribution in [1.82, 2.24) is 9.62 Å². The molecule has 8 nitrogen and oxygen atoms in total. The van der Waals surface area contributed by atoms with E-state index in [0.29, 0.717) is 0 Å². The van der Waals surface area contributed by atoms with Gasteiger partial charge in [-0.1, -0.05) is 0 Å². The molecule has 1 heterocycles. The van der Waals surface area contributed by atoms with Crippen LogP contribution in [0.3, 0.4) is 0 Å². The number of carboxylic acids is 1. The minimum Gasteiger partial charge on any atom is -0.481 e. The first-order valence-electron chi connectivity index (χ1n) is 7.17. The van der Waals surface area contributed by atoms with Crippen molar-refractivity contribution in [1.29, 1.82) is 0 Å². The van der Waals surface area contributed by atoms with E-state index in [2.05, 4.69) is 5.32 Å². The third-order valence-corrected chi connectivity index (χ3v) is 5.48. The van der Waals surface area contributed by atoms with Gasteiger partial charge in [0.1, 0.15) is 11.9 Å². The van der Waals surface area contributed by atoms with Gasteiger partial charge in [-0.2, -0.15) is 4.31 Å². The average Bonchev–Trinajstić information content (AvgIpc) is 2.90. The van der Waals surface area contributed by atoms with Crippen LogP contribution < -0.4 is 5.32 Å². The van der Waals surface area contributed by atoms with E-state index >= 15 is 0 Å². The maximum Gasteiger partial charge on any atom is 0.305 e. The summed E-state index contributed by atoms with van der Waals surface area (Å²) in [6.45, 7) is -0.415. The lowest BCUT2D eigenvalue weighted by atomic mass is 10.2. The van der Waals surface area contributed by atoms with Crippen molar-refractivity contribution in [3.8, 4) is 0 Å². The zero-order chi connectivity index (χ0) is 17.9. The van der Waals surface area contributed by atoms with Crippen molar-refractivity contribution >= 4 is 21.9 Å². The number of aliphatic carboxylic acids is 1. The Balaban J connectivity index is 2.18. The largest absolute Gasteiger partial charge is 0.481 e. The molecule has 1 aliphatic rings. The number of benzene rings is 1. The molecule has 1 saturated heterocycles. The van der Waals surface area contributed by atoms with Crippen molar-refractivity contribution in [2.45, 2.75) is 29.9 Å². The maximum atomic E-state index is 13.0. The highest BCUT2D eigenvalue weighted by Crippen LogP contribution is 2.26. The van der Waals surface area contributed by atoms with Crippen LogP contribution >= 0.6 is 0 Å². The van der Waals surface area contributed by atoms with Gasteiger partial charge in [0, 0.05) is 19.5 Å². The van der Waals surface area contributed by atoms with Crippen molar-refractivity contribution in [3.63, 3.8) is 0 Å². The summed E-state index contributed by atoms with van der Waals surface area (Å²) in [5, 5.41) is 20.6. The van der Waals surface area contributed by atoms with Crippen molar-refractivity contribution in [2.75, 3.05) is 13.1 Å². The summed E-state index contributed by atoms with van der Waals surface area (Å²) in [4.78, 5) is 22.4. The van der Waals surface area contributed by atoms with Crippen LogP contribution in [0.5, 0.6) is 0 Å². The highest BCUT2D eigenvalue weighted by Gasteiger charge is 2.43. The first-order chi connectivity index (χ1) is 11.2.